The first-order chi connectivity index (χ1) is 10.6. The van der Waals surface area contributed by atoms with Crippen molar-refractivity contribution in [2.24, 2.45) is 0 Å². The van der Waals surface area contributed by atoms with Gasteiger partial charge in [-0.25, -0.2) is 0 Å². The zero-order valence-corrected chi connectivity index (χ0v) is 13.5. The Bertz CT molecular complexity index is 539. The highest BCUT2D eigenvalue weighted by molar-refractivity contribution is 6.06. The third kappa shape index (κ3) is 5.98. The van der Waals surface area contributed by atoms with E-state index in [0.717, 1.165) is 25.2 Å². The van der Waals surface area contributed by atoms with Gasteiger partial charge in [0.05, 0.1) is 0 Å². The lowest BCUT2D eigenvalue weighted by atomic mass is 10.2. The van der Waals surface area contributed by atoms with Crippen LogP contribution in [0.5, 0.6) is 0 Å². The van der Waals surface area contributed by atoms with Crippen LogP contribution < -0.4 is 10.6 Å². The number of hydrogen-bond donors (Lipinski definition) is 2. The van der Waals surface area contributed by atoms with Crippen molar-refractivity contribution < 1.29 is 4.79 Å². The van der Waals surface area contributed by atoms with Gasteiger partial charge in [-0.2, -0.15) is 5.26 Å². The van der Waals surface area contributed by atoms with Gasteiger partial charge in [-0.05, 0) is 32.1 Å². The number of carbonyl (C=O) groups excluding carboxylic acids is 1. The first kappa shape index (κ1) is 17.7. The van der Waals surface area contributed by atoms with E-state index in [4.69, 9.17) is 5.26 Å². The van der Waals surface area contributed by atoms with Crippen LogP contribution in [0.15, 0.2) is 36.0 Å². The molecule has 0 saturated carbocycles. The van der Waals surface area contributed by atoms with Crippen LogP contribution in [0, 0.1) is 18.3 Å². The van der Waals surface area contributed by atoms with Gasteiger partial charge >= 0.3 is 0 Å². The lowest BCUT2D eigenvalue weighted by molar-refractivity contribution is -0.112. The van der Waals surface area contributed by atoms with E-state index in [1.54, 1.807) is 0 Å². The largest absolute Gasteiger partial charge is 0.388 e. The molecule has 118 valence electrons. The molecule has 0 radical (unpaired) electrons. The standard InChI is InChI=1S/C17H24N4O/c1-4-21(5-2)11-10-19-13-15(12-18)17(22)20-16-8-6-14(3)7-9-16/h6-9,13,19H,4-5,10-11H2,1-3H3,(H,20,22)/b15-13-. The Labute approximate surface area is 132 Å². The van der Waals surface area contributed by atoms with E-state index in [1.807, 2.05) is 37.3 Å². The Balaban J connectivity index is 2.52. The fourth-order valence-corrected chi connectivity index (χ4v) is 1.92. The molecule has 1 amide bonds. The minimum absolute atomic E-state index is 0.0696. The van der Waals surface area contributed by atoms with E-state index in [9.17, 15) is 4.79 Å². The summed E-state index contributed by atoms with van der Waals surface area (Å²) in [5, 5.41) is 14.8. The Morgan fingerprint density at radius 3 is 2.45 bits per heavy atom. The molecule has 1 rings (SSSR count). The van der Waals surface area contributed by atoms with Gasteiger partial charge in [0, 0.05) is 25.0 Å². The molecule has 0 aliphatic carbocycles. The number of rotatable bonds is 8. The van der Waals surface area contributed by atoms with Crippen molar-refractivity contribution in [3.8, 4) is 6.07 Å². The highest BCUT2D eigenvalue weighted by atomic mass is 16.1. The van der Waals surface area contributed by atoms with Crippen LogP contribution >= 0.6 is 0 Å². The SMILES string of the molecule is CCN(CC)CCN/C=C(/C#N)C(=O)Nc1ccc(C)cc1. The summed E-state index contributed by atoms with van der Waals surface area (Å²) >= 11 is 0. The average Bonchev–Trinajstić information content (AvgIpc) is 2.53. The molecule has 0 unspecified atom stereocenters. The highest BCUT2D eigenvalue weighted by Crippen LogP contribution is 2.09. The lowest BCUT2D eigenvalue weighted by Crippen LogP contribution is -2.30. The van der Waals surface area contributed by atoms with Crippen molar-refractivity contribution in [3.05, 3.63) is 41.6 Å². The van der Waals surface area contributed by atoms with Gasteiger partial charge < -0.3 is 15.5 Å². The predicted molar refractivity (Wildman–Crippen MR) is 89.3 cm³/mol. The molecule has 0 aliphatic rings. The molecule has 0 aliphatic heterocycles. The van der Waals surface area contributed by atoms with Gasteiger partial charge in [0.2, 0.25) is 0 Å². The van der Waals surface area contributed by atoms with E-state index in [1.165, 1.54) is 6.20 Å². The van der Waals surface area contributed by atoms with E-state index < -0.39 is 5.91 Å². The number of nitrogens with one attached hydrogen (secondary N) is 2. The summed E-state index contributed by atoms with van der Waals surface area (Å²) in [4.78, 5) is 14.3. The fourth-order valence-electron chi connectivity index (χ4n) is 1.92. The molecule has 0 aromatic heterocycles. The van der Waals surface area contributed by atoms with Crippen molar-refractivity contribution in [2.45, 2.75) is 20.8 Å². The maximum absolute atomic E-state index is 12.0. The van der Waals surface area contributed by atoms with E-state index >= 15 is 0 Å². The van der Waals surface area contributed by atoms with Crippen LogP contribution in [-0.4, -0.2) is 37.0 Å². The third-order valence-electron chi connectivity index (χ3n) is 3.39. The van der Waals surface area contributed by atoms with Gasteiger partial charge in [0.15, 0.2) is 0 Å². The second kappa shape index (κ2) is 9.59. The molecule has 1 aromatic carbocycles. The van der Waals surface area contributed by atoms with E-state index in [-0.39, 0.29) is 5.57 Å². The summed E-state index contributed by atoms with van der Waals surface area (Å²) in [5.41, 5.74) is 1.87. The van der Waals surface area contributed by atoms with Crippen molar-refractivity contribution >= 4 is 11.6 Å². The normalized spacial score (nSPS) is 11.1. The number of hydrogen-bond acceptors (Lipinski definition) is 4. The second-order valence-electron chi connectivity index (χ2n) is 4.97. The van der Waals surface area contributed by atoms with Crippen molar-refractivity contribution in [2.75, 3.05) is 31.5 Å². The van der Waals surface area contributed by atoms with Crippen molar-refractivity contribution in [3.63, 3.8) is 0 Å². The first-order valence-electron chi connectivity index (χ1n) is 7.54. The van der Waals surface area contributed by atoms with Gasteiger partial charge in [0.1, 0.15) is 11.6 Å². The van der Waals surface area contributed by atoms with Gasteiger partial charge in [-0.15, -0.1) is 0 Å². The van der Waals surface area contributed by atoms with Crippen LogP contribution in [0.1, 0.15) is 19.4 Å². The quantitative estimate of drug-likeness (QED) is 0.439. The maximum Gasteiger partial charge on any atom is 0.267 e. The van der Waals surface area contributed by atoms with Crippen LogP contribution in [0.2, 0.25) is 0 Å². The molecule has 5 nitrogen and oxygen atoms in total. The Morgan fingerprint density at radius 1 is 1.27 bits per heavy atom. The Hall–Kier alpha value is -2.32. The fraction of sp³-hybridized carbons (Fsp3) is 0.412. The molecule has 0 bridgehead atoms. The van der Waals surface area contributed by atoms with Gasteiger partial charge in [0.25, 0.3) is 5.91 Å². The van der Waals surface area contributed by atoms with Crippen LogP contribution in [0.25, 0.3) is 0 Å². The number of amides is 1. The molecule has 0 saturated heterocycles. The molecule has 5 heteroatoms. The molecule has 0 atom stereocenters. The van der Waals surface area contributed by atoms with Crippen LogP contribution in [0.4, 0.5) is 5.69 Å². The van der Waals surface area contributed by atoms with Crippen molar-refractivity contribution in [1.29, 1.82) is 5.26 Å². The number of nitrogens with zero attached hydrogens (tertiary/aromatic N) is 2. The average molecular weight is 300 g/mol. The van der Waals surface area contributed by atoms with Gasteiger partial charge in [-0.1, -0.05) is 31.5 Å². The number of aryl methyl sites for hydroxylation is 1. The highest BCUT2D eigenvalue weighted by Gasteiger charge is 2.08. The smallest absolute Gasteiger partial charge is 0.267 e. The molecule has 0 heterocycles. The summed E-state index contributed by atoms with van der Waals surface area (Å²) in [6.45, 7) is 9.74. The van der Waals surface area contributed by atoms with Gasteiger partial charge in [-0.3, -0.25) is 4.79 Å². The number of likely N-dealkylation sites (N-methyl/N-ethyl adjacent to an activating group) is 1. The van der Waals surface area contributed by atoms with Crippen molar-refractivity contribution in [1.82, 2.24) is 10.2 Å². The predicted octanol–water partition coefficient (Wildman–Crippen LogP) is 2.27. The zero-order valence-electron chi connectivity index (χ0n) is 13.5. The third-order valence-corrected chi connectivity index (χ3v) is 3.39. The number of benzene rings is 1. The molecule has 0 spiro atoms. The molecule has 2 N–H and O–H groups in total. The number of anilines is 1. The minimum Gasteiger partial charge on any atom is -0.388 e. The second-order valence-corrected chi connectivity index (χ2v) is 4.97. The molecular formula is C17H24N4O. The molecular weight excluding hydrogens is 276 g/mol. The topological polar surface area (TPSA) is 68.2 Å². The molecule has 0 fully saturated rings. The maximum atomic E-state index is 12.0. The minimum atomic E-state index is -0.401. The summed E-state index contributed by atoms with van der Waals surface area (Å²) in [6, 6.07) is 9.37. The monoisotopic (exact) mass is 300 g/mol. The molecule has 1 aromatic rings. The van der Waals surface area contributed by atoms with E-state index in [2.05, 4.69) is 29.4 Å². The summed E-state index contributed by atoms with van der Waals surface area (Å²) in [7, 11) is 0. The summed E-state index contributed by atoms with van der Waals surface area (Å²) in [6.07, 6.45) is 1.48. The first-order valence-corrected chi connectivity index (χ1v) is 7.54. The summed E-state index contributed by atoms with van der Waals surface area (Å²) in [5.74, 6) is -0.401. The van der Waals surface area contributed by atoms with E-state index in [0.29, 0.717) is 12.2 Å². The number of carbonyl (C=O) groups is 1. The Morgan fingerprint density at radius 2 is 1.91 bits per heavy atom. The van der Waals surface area contributed by atoms with Crippen LogP contribution in [0.3, 0.4) is 0 Å². The lowest BCUT2D eigenvalue weighted by Gasteiger charge is -2.17. The molecule has 22 heavy (non-hydrogen) atoms. The zero-order chi connectivity index (χ0) is 16.4. The van der Waals surface area contributed by atoms with Crippen LogP contribution in [-0.2, 0) is 4.79 Å². The number of nitriles is 1. The Kier molecular flexibility index (Phi) is 7.73. The summed E-state index contributed by atoms with van der Waals surface area (Å²) < 4.78 is 0.